The Morgan fingerprint density at radius 2 is 1.96 bits per heavy atom. The third kappa shape index (κ3) is 5.11. The number of nitrogens with zero attached hydrogens (tertiary/aromatic N) is 1. The second-order valence-corrected chi connectivity index (χ2v) is 7.50. The van der Waals surface area contributed by atoms with Crippen LogP contribution in [0.25, 0.3) is 0 Å². The quantitative estimate of drug-likeness (QED) is 0.775. The standard InChI is InChI=1S/C15H22N2O5S/c1-17(23(2,19)20)8-3-7-16-15(18)12-5-6-13-14(11-12)22-10-4-9-21-13/h5-6,11H,3-4,7-10H2,1-2H3,(H,16,18). The minimum Gasteiger partial charge on any atom is -0.490 e. The molecular weight excluding hydrogens is 320 g/mol. The summed E-state index contributed by atoms with van der Waals surface area (Å²) in [4.78, 5) is 12.1. The average Bonchev–Trinajstić information content (AvgIpc) is 2.74. The van der Waals surface area contributed by atoms with Crippen molar-refractivity contribution in [1.29, 1.82) is 0 Å². The second-order valence-electron chi connectivity index (χ2n) is 5.41. The Balaban J connectivity index is 1.85. The third-order valence-corrected chi connectivity index (χ3v) is 4.83. The van der Waals surface area contributed by atoms with Gasteiger partial charge in [0.25, 0.3) is 5.91 Å². The van der Waals surface area contributed by atoms with Gasteiger partial charge in [0.2, 0.25) is 10.0 Å². The molecule has 1 aromatic rings. The Morgan fingerprint density at radius 1 is 1.26 bits per heavy atom. The minimum atomic E-state index is -3.18. The maximum atomic E-state index is 12.1. The van der Waals surface area contributed by atoms with Gasteiger partial charge in [0.15, 0.2) is 11.5 Å². The van der Waals surface area contributed by atoms with Gasteiger partial charge in [-0.2, -0.15) is 0 Å². The van der Waals surface area contributed by atoms with Crippen molar-refractivity contribution >= 4 is 15.9 Å². The van der Waals surface area contributed by atoms with Crippen LogP contribution < -0.4 is 14.8 Å². The highest BCUT2D eigenvalue weighted by Crippen LogP contribution is 2.30. The van der Waals surface area contributed by atoms with Crippen LogP contribution >= 0.6 is 0 Å². The maximum Gasteiger partial charge on any atom is 0.251 e. The van der Waals surface area contributed by atoms with Gasteiger partial charge < -0.3 is 14.8 Å². The van der Waals surface area contributed by atoms with Crippen molar-refractivity contribution in [3.8, 4) is 11.5 Å². The molecule has 1 amide bonds. The second kappa shape index (κ2) is 7.65. The molecule has 2 rings (SSSR count). The summed E-state index contributed by atoms with van der Waals surface area (Å²) < 4.78 is 34.8. The fraction of sp³-hybridized carbons (Fsp3) is 0.533. The van der Waals surface area contributed by atoms with Crippen molar-refractivity contribution in [3.05, 3.63) is 23.8 Å². The summed E-state index contributed by atoms with van der Waals surface area (Å²) in [6, 6.07) is 5.08. The van der Waals surface area contributed by atoms with E-state index >= 15 is 0 Å². The first-order valence-corrected chi connectivity index (χ1v) is 9.32. The Kier molecular flexibility index (Phi) is 5.84. The normalized spacial score (nSPS) is 14.4. The molecule has 0 fully saturated rings. The van der Waals surface area contributed by atoms with Gasteiger partial charge in [-0.3, -0.25) is 4.79 Å². The summed E-state index contributed by atoms with van der Waals surface area (Å²) in [5.41, 5.74) is 0.491. The molecule has 0 spiro atoms. The van der Waals surface area contributed by atoms with Crippen LogP contribution in [0.3, 0.4) is 0 Å². The summed E-state index contributed by atoms with van der Waals surface area (Å²) in [7, 11) is -1.66. The fourth-order valence-electron chi connectivity index (χ4n) is 2.08. The van der Waals surface area contributed by atoms with Crippen LogP contribution in [-0.4, -0.2) is 58.2 Å². The number of sulfonamides is 1. The highest BCUT2D eigenvalue weighted by molar-refractivity contribution is 7.88. The number of carbonyl (C=O) groups excluding carboxylic acids is 1. The van der Waals surface area contributed by atoms with Crippen molar-refractivity contribution in [3.63, 3.8) is 0 Å². The summed E-state index contributed by atoms with van der Waals surface area (Å²) >= 11 is 0. The molecule has 23 heavy (non-hydrogen) atoms. The molecule has 0 aliphatic carbocycles. The number of ether oxygens (including phenoxy) is 2. The summed E-state index contributed by atoms with van der Waals surface area (Å²) in [5, 5.41) is 2.77. The number of rotatable bonds is 6. The van der Waals surface area contributed by atoms with Gasteiger partial charge in [-0.15, -0.1) is 0 Å². The van der Waals surface area contributed by atoms with E-state index in [1.54, 1.807) is 18.2 Å². The first-order valence-electron chi connectivity index (χ1n) is 7.47. The molecule has 0 aromatic heterocycles. The SMILES string of the molecule is CN(CCCNC(=O)c1ccc2c(c1)OCCCO2)S(C)(=O)=O. The molecule has 1 aliphatic rings. The monoisotopic (exact) mass is 342 g/mol. The van der Waals surface area contributed by atoms with Gasteiger partial charge in [-0.1, -0.05) is 0 Å². The van der Waals surface area contributed by atoms with E-state index in [1.807, 2.05) is 0 Å². The van der Waals surface area contributed by atoms with Gasteiger partial charge in [-0.05, 0) is 24.6 Å². The molecular formula is C15H22N2O5S. The van der Waals surface area contributed by atoms with Crippen LogP contribution in [0.1, 0.15) is 23.2 Å². The third-order valence-electron chi connectivity index (χ3n) is 3.51. The van der Waals surface area contributed by atoms with Crippen LogP contribution in [0.2, 0.25) is 0 Å². The van der Waals surface area contributed by atoms with Gasteiger partial charge in [0, 0.05) is 32.1 Å². The molecule has 0 saturated heterocycles. The number of hydrogen-bond donors (Lipinski definition) is 1. The van der Waals surface area contributed by atoms with Crippen molar-refractivity contribution < 1.29 is 22.7 Å². The largest absolute Gasteiger partial charge is 0.490 e. The molecule has 128 valence electrons. The lowest BCUT2D eigenvalue weighted by Crippen LogP contribution is -2.30. The number of amides is 1. The first-order chi connectivity index (χ1) is 10.9. The molecule has 1 N–H and O–H groups in total. The number of fused-ring (bicyclic) bond motifs is 1. The lowest BCUT2D eigenvalue weighted by molar-refractivity contribution is 0.0952. The van der Waals surface area contributed by atoms with E-state index in [0.29, 0.717) is 49.8 Å². The number of benzene rings is 1. The van der Waals surface area contributed by atoms with Gasteiger partial charge in [-0.25, -0.2) is 12.7 Å². The molecule has 0 unspecified atom stereocenters. The van der Waals surface area contributed by atoms with E-state index in [-0.39, 0.29) is 5.91 Å². The van der Waals surface area contributed by atoms with E-state index in [2.05, 4.69) is 5.32 Å². The zero-order valence-electron chi connectivity index (χ0n) is 13.4. The molecule has 1 heterocycles. The zero-order chi connectivity index (χ0) is 16.9. The molecule has 1 aromatic carbocycles. The highest BCUT2D eigenvalue weighted by Gasteiger charge is 2.14. The average molecular weight is 342 g/mol. The van der Waals surface area contributed by atoms with Crippen LogP contribution in [0.15, 0.2) is 18.2 Å². The topological polar surface area (TPSA) is 84.9 Å². The molecule has 7 nitrogen and oxygen atoms in total. The lowest BCUT2D eigenvalue weighted by Gasteiger charge is -2.14. The van der Waals surface area contributed by atoms with Gasteiger partial charge in [0.05, 0.1) is 19.5 Å². The molecule has 0 radical (unpaired) electrons. The van der Waals surface area contributed by atoms with Crippen LogP contribution in [0.5, 0.6) is 11.5 Å². The smallest absolute Gasteiger partial charge is 0.251 e. The van der Waals surface area contributed by atoms with Crippen LogP contribution in [0, 0.1) is 0 Å². The van der Waals surface area contributed by atoms with E-state index in [4.69, 9.17) is 9.47 Å². The molecule has 1 aliphatic heterocycles. The number of carbonyl (C=O) groups is 1. The molecule has 0 atom stereocenters. The maximum absolute atomic E-state index is 12.1. The predicted molar refractivity (Wildman–Crippen MR) is 86.5 cm³/mol. The van der Waals surface area contributed by atoms with E-state index in [9.17, 15) is 13.2 Å². The highest BCUT2D eigenvalue weighted by atomic mass is 32.2. The lowest BCUT2D eigenvalue weighted by atomic mass is 10.2. The summed E-state index contributed by atoms with van der Waals surface area (Å²) in [6.07, 6.45) is 2.51. The summed E-state index contributed by atoms with van der Waals surface area (Å²) in [5.74, 6) is 1.00. The van der Waals surface area contributed by atoms with Crippen molar-refractivity contribution in [2.45, 2.75) is 12.8 Å². The molecule has 0 bridgehead atoms. The minimum absolute atomic E-state index is 0.220. The summed E-state index contributed by atoms with van der Waals surface area (Å²) in [6.45, 7) is 1.93. The van der Waals surface area contributed by atoms with Crippen LogP contribution in [-0.2, 0) is 10.0 Å². The van der Waals surface area contributed by atoms with E-state index < -0.39 is 10.0 Å². The molecule has 0 saturated carbocycles. The van der Waals surface area contributed by atoms with E-state index in [0.717, 1.165) is 12.7 Å². The van der Waals surface area contributed by atoms with Crippen molar-refractivity contribution in [2.75, 3.05) is 39.6 Å². The zero-order valence-corrected chi connectivity index (χ0v) is 14.2. The number of hydrogen-bond acceptors (Lipinski definition) is 5. The van der Waals surface area contributed by atoms with Gasteiger partial charge in [0.1, 0.15) is 0 Å². The first kappa shape index (κ1) is 17.6. The Morgan fingerprint density at radius 3 is 2.65 bits per heavy atom. The van der Waals surface area contributed by atoms with Crippen molar-refractivity contribution in [2.24, 2.45) is 0 Å². The Hall–Kier alpha value is -1.80. The predicted octanol–water partition coefficient (Wildman–Crippen LogP) is 0.859. The van der Waals surface area contributed by atoms with Gasteiger partial charge >= 0.3 is 0 Å². The molecule has 8 heteroatoms. The fourth-order valence-corrected chi connectivity index (χ4v) is 2.54. The Labute approximate surface area is 136 Å². The Bertz CT molecular complexity index is 660. The van der Waals surface area contributed by atoms with Crippen molar-refractivity contribution in [1.82, 2.24) is 9.62 Å². The van der Waals surface area contributed by atoms with E-state index in [1.165, 1.54) is 11.4 Å². The van der Waals surface area contributed by atoms with Crippen LogP contribution in [0.4, 0.5) is 0 Å². The number of nitrogens with one attached hydrogen (secondary N) is 1.